The molecule has 5 saturated carbocycles. The van der Waals surface area contributed by atoms with Gasteiger partial charge in [-0.2, -0.15) is 0 Å². The summed E-state index contributed by atoms with van der Waals surface area (Å²) in [4.78, 5) is 0. The lowest BCUT2D eigenvalue weighted by Crippen LogP contribution is -2.56. The molecule has 5 fully saturated rings. The molecular weight excluding hydrogens is 246 g/mol. The van der Waals surface area contributed by atoms with Crippen molar-refractivity contribution in [1.82, 2.24) is 5.32 Å². The molecule has 1 N–H and O–H groups in total. The van der Waals surface area contributed by atoms with Crippen LogP contribution in [0.4, 0.5) is 0 Å². The monoisotopic (exact) mass is 277 g/mol. The Balaban J connectivity index is 1.42. The van der Waals surface area contributed by atoms with Crippen LogP contribution in [0.2, 0.25) is 0 Å². The molecule has 0 aliphatic heterocycles. The van der Waals surface area contributed by atoms with Gasteiger partial charge in [0, 0.05) is 19.2 Å². The maximum absolute atomic E-state index is 5.53. The van der Waals surface area contributed by atoms with Crippen molar-refractivity contribution in [3.63, 3.8) is 0 Å². The van der Waals surface area contributed by atoms with E-state index in [0.717, 1.165) is 23.8 Å². The maximum Gasteiger partial charge on any atom is 0.0586 e. The predicted molar refractivity (Wildman–Crippen MR) is 81.6 cm³/mol. The minimum absolute atomic E-state index is 0.510. The van der Waals surface area contributed by atoms with Gasteiger partial charge in [0.25, 0.3) is 0 Å². The van der Waals surface area contributed by atoms with E-state index in [1.165, 1.54) is 38.5 Å². The van der Waals surface area contributed by atoms with Gasteiger partial charge in [0.15, 0.2) is 0 Å². The molecule has 5 aliphatic rings. The highest BCUT2D eigenvalue weighted by molar-refractivity contribution is 5.05. The van der Waals surface area contributed by atoms with E-state index >= 15 is 0 Å². The van der Waals surface area contributed by atoms with Crippen LogP contribution in [0, 0.1) is 23.2 Å². The summed E-state index contributed by atoms with van der Waals surface area (Å²) < 4.78 is 5.53. The fraction of sp³-hybridized carbons (Fsp3) is 1.00. The third kappa shape index (κ3) is 2.23. The van der Waals surface area contributed by atoms with Crippen LogP contribution < -0.4 is 5.32 Å². The average Bonchev–Trinajstić information content (AvgIpc) is 2.85. The zero-order valence-corrected chi connectivity index (χ0v) is 13.2. The Morgan fingerprint density at radius 1 is 0.950 bits per heavy atom. The van der Waals surface area contributed by atoms with Crippen LogP contribution >= 0.6 is 0 Å². The quantitative estimate of drug-likeness (QED) is 0.845. The van der Waals surface area contributed by atoms with Crippen LogP contribution in [0.3, 0.4) is 0 Å². The summed E-state index contributed by atoms with van der Waals surface area (Å²) in [7, 11) is 1.87. The minimum atomic E-state index is 0.510. The third-order valence-electron chi connectivity index (χ3n) is 7.21. The van der Waals surface area contributed by atoms with Crippen LogP contribution in [0.1, 0.15) is 64.7 Å². The van der Waals surface area contributed by atoms with E-state index in [1.54, 1.807) is 19.3 Å². The first-order valence-electron chi connectivity index (χ1n) is 8.96. The van der Waals surface area contributed by atoms with Gasteiger partial charge in [-0.1, -0.05) is 0 Å². The van der Waals surface area contributed by atoms with E-state index in [4.69, 9.17) is 4.74 Å². The molecule has 0 spiro atoms. The normalized spacial score (nSPS) is 51.6. The lowest BCUT2D eigenvalue weighted by Gasteiger charge is -2.59. The summed E-state index contributed by atoms with van der Waals surface area (Å²) >= 11 is 0. The second-order valence-electron chi connectivity index (χ2n) is 8.54. The summed E-state index contributed by atoms with van der Waals surface area (Å²) in [6.07, 6.45) is 13.5. The number of hydrogen-bond acceptors (Lipinski definition) is 2. The average molecular weight is 277 g/mol. The fourth-order valence-corrected chi connectivity index (χ4v) is 6.54. The zero-order chi connectivity index (χ0) is 13.7. The van der Waals surface area contributed by atoms with Gasteiger partial charge in [0.05, 0.1) is 6.10 Å². The Bertz CT molecular complexity index is 331. The number of nitrogens with one attached hydrogen (secondary N) is 1. The van der Waals surface area contributed by atoms with Crippen molar-refractivity contribution >= 4 is 0 Å². The molecule has 5 aliphatic carbocycles. The summed E-state index contributed by atoms with van der Waals surface area (Å²) in [6, 6.07) is 1.43. The topological polar surface area (TPSA) is 21.3 Å². The number of rotatable bonds is 4. The van der Waals surface area contributed by atoms with Crippen molar-refractivity contribution in [2.24, 2.45) is 23.2 Å². The Morgan fingerprint density at radius 3 is 2.05 bits per heavy atom. The second kappa shape index (κ2) is 4.98. The summed E-state index contributed by atoms with van der Waals surface area (Å²) in [5.74, 6) is 3.21. The molecule has 2 heteroatoms. The predicted octanol–water partition coefficient (Wildman–Crippen LogP) is 3.75. The van der Waals surface area contributed by atoms with Gasteiger partial charge in [-0.15, -0.1) is 0 Å². The molecule has 5 rings (SSSR count). The SMILES string of the molecule is COC1CCC(NC(C)C23CC4CC(CC(C4)C2)C3)C1. The lowest BCUT2D eigenvalue weighted by molar-refractivity contribution is -0.0722. The zero-order valence-electron chi connectivity index (χ0n) is 13.2. The van der Waals surface area contributed by atoms with Crippen LogP contribution in [0.25, 0.3) is 0 Å². The number of methoxy groups -OCH3 is 1. The van der Waals surface area contributed by atoms with E-state index in [1.807, 2.05) is 7.11 Å². The van der Waals surface area contributed by atoms with Gasteiger partial charge >= 0.3 is 0 Å². The first kappa shape index (κ1) is 13.6. The van der Waals surface area contributed by atoms with E-state index in [9.17, 15) is 0 Å². The Morgan fingerprint density at radius 2 is 1.55 bits per heavy atom. The molecule has 0 aromatic heterocycles. The Kier molecular flexibility index (Phi) is 3.38. The smallest absolute Gasteiger partial charge is 0.0586 e. The third-order valence-corrected chi connectivity index (χ3v) is 7.21. The van der Waals surface area contributed by atoms with Gasteiger partial charge in [-0.25, -0.2) is 0 Å². The summed E-state index contributed by atoms with van der Waals surface area (Å²) in [6.45, 7) is 2.49. The molecule has 0 amide bonds. The molecule has 0 aromatic rings. The highest BCUT2D eigenvalue weighted by Gasteiger charge is 2.53. The molecule has 3 unspecified atom stereocenters. The fourth-order valence-electron chi connectivity index (χ4n) is 6.54. The van der Waals surface area contributed by atoms with Gasteiger partial charge in [0.1, 0.15) is 0 Å². The number of ether oxygens (including phenoxy) is 1. The van der Waals surface area contributed by atoms with Crippen molar-refractivity contribution in [2.75, 3.05) is 7.11 Å². The Hall–Kier alpha value is -0.0800. The first-order chi connectivity index (χ1) is 9.67. The van der Waals surface area contributed by atoms with Crippen molar-refractivity contribution in [3.8, 4) is 0 Å². The van der Waals surface area contributed by atoms with Crippen molar-refractivity contribution < 1.29 is 4.74 Å². The Labute approximate surface area is 124 Å². The van der Waals surface area contributed by atoms with E-state index in [2.05, 4.69) is 12.2 Å². The number of hydrogen-bond donors (Lipinski definition) is 1. The molecule has 3 atom stereocenters. The van der Waals surface area contributed by atoms with E-state index < -0.39 is 0 Å². The molecule has 0 saturated heterocycles. The molecule has 20 heavy (non-hydrogen) atoms. The minimum Gasteiger partial charge on any atom is -0.381 e. The van der Waals surface area contributed by atoms with E-state index in [-0.39, 0.29) is 0 Å². The van der Waals surface area contributed by atoms with Gasteiger partial charge in [0.2, 0.25) is 0 Å². The molecule has 2 nitrogen and oxygen atoms in total. The van der Waals surface area contributed by atoms with Crippen LogP contribution in [-0.4, -0.2) is 25.3 Å². The molecular formula is C18H31NO. The maximum atomic E-state index is 5.53. The van der Waals surface area contributed by atoms with Crippen LogP contribution in [-0.2, 0) is 4.74 Å². The lowest BCUT2D eigenvalue weighted by atomic mass is 9.48. The summed E-state index contributed by atoms with van der Waals surface area (Å²) in [5.41, 5.74) is 0.653. The van der Waals surface area contributed by atoms with Crippen molar-refractivity contribution in [2.45, 2.75) is 82.9 Å². The van der Waals surface area contributed by atoms with Crippen molar-refractivity contribution in [3.05, 3.63) is 0 Å². The highest BCUT2D eigenvalue weighted by atomic mass is 16.5. The summed E-state index contributed by atoms with van der Waals surface area (Å²) in [5, 5.41) is 4.02. The molecule has 0 radical (unpaired) electrons. The molecule has 0 aromatic carbocycles. The van der Waals surface area contributed by atoms with Gasteiger partial charge in [-0.05, 0) is 87.9 Å². The second-order valence-corrected chi connectivity index (χ2v) is 8.54. The largest absolute Gasteiger partial charge is 0.381 e. The van der Waals surface area contributed by atoms with Crippen LogP contribution in [0.15, 0.2) is 0 Å². The standard InChI is InChI=1S/C18H31NO/c1-12(19-16-3-4-17(8-16)20-2)18-9-13-5-14(10-18)7-15(6-13)11-18/h12-17,19H,3-11H2,1-2H3. The van der Waals surface area contributed by atoms with Gasteiger partial charge in [-0.3, -0.25) is 0 Å². The van der Waals surface area contributed by atoms with Crippen LogP contribution in [0.5, 0.6) is 0 Å². The van der Waals surface area contributed by atoms with Gasteiger partial charge < -0.3 is 10.1 Å². The van der Waals surface area contributed by atoms with Crippen molar-refractivity contribution in [1.29, 1.82) is 0 Å². The molecule has 114 valence electrons. The highest BCUT2D eigenvalue weighted by Crippen LogP contribution is 2.61. The molecule has 0 heterocycles. The first-order valence-corrected chi connectivity index (χ1v) is 8.96. The van der Waals surface area contributed by atoms with E-state index in [0.29, 0.717) is 17.6 Å². The molecule has 4 bridgehead atoms.